The number of hydrogen-bond donors (Lipinski definition) is 1. The second kappa shape index (κ2) is 5.02. The van der Waals surface area contributed by atoms with Crippen molar-refractivity contribution >= 4 is 11.7 Å². The van der Waals surface area contributed by atoms with Gasteiger partial charge in [-0.25, -0.2) is 9.64 Å². The van der Waals surface area contributed by atoms with Crippen LogP contribution in [0.1, 0.15) is 10.4 Å². The van der Waals surface area contributed by atoms with Crippen molar-refractivity contribution in [1.82, 2.24) is 0 Å². The van der Waals surface area contributed by atoms with E-state index in [9.17, 15) is 9.90 Å². The second-order valence-electron chi connectivity index (χ2n) is 3.52. The first-order valence-electron chi connectivity index (χ1n) is 5.18. The summed E-state index contributed by atoms with van der Waals surface area (Å²) in [5.41, 5.74) is 0.250. The SMILES string of the molecule is [C-]#[N+]c1ccc(O)c(C(=O)Oc2ccccc2)c1. The molecule has 0 heterocycles. The molecule has 0 saturated heterocycles. The zero-order chi connectivity index (χ0) is 13.0. The molecule has 0 bridgehead atoms. The minimum atomic E-state index is -0.691. The fourth-order valence-corrected chi connectivity index (χ4v) is 1.41. The number of hydrogen-bond acceptors (Lipinski definition) is 3. The molecule has 4 nitrogen and oxygen atoms in total. The minimum absolute atomic E-state index is 0.0210. The Morgan fingerprint density at radius 3 is 2.56 bits per heavy atom. The molecule has 18 heavy (non-hydrogen) atoms. The summed E-state index contributed by atoms with van der Waals surface area (Å²) in [6.45, 7) is 6.86. The van der Waals surface area contributed by atoms with Gasteiger partial charge in [0.2, 0.25) is 0 Å². The van der Waals surface area contributed by atoms with Crippen LogP contribution < -0.4 is 4.74 Å². The molecule has 0 aromatic heterocycles. The summed E-state index contributed by atoms with van der Waals surface area (Å²) in [4.78, 5) is 15.0. The van der Waals surface area contributed by atoms with Crippen molar-refractivity contribution in [1.29, 1.82) is 0 Å². The highest BCUT2D eigenvalue weighted by atomic mass is 16.5. The first-order valence-corrected chi connectivity index (χ1v) is 5.18. The summed E-state index contributed by atoms with van der Waals surface area (Å²) in [7, 11) is 0. The maximum Gasteiger partial charge on any atom is 0.346 e. The third kappa shape index (κ3) is 2.47. The zero-order valence-corrected chi connectivity index (χ0v) is 9.33. The summed E-state index contributed by atoms with van der Waals surface area (Å²) in [6.07, 6.45) is 0. The van der Waals surface area contributed by atoms with Gasteiger partial charge in [0.05, 0.1) is 12.1 Å². The molecule has 2 aromatic carbocycles. The van der Waals surface area contributed by atoms with E-state index in [0.717, 1.165) is 0 Å². The van der Waals surface area contributed by atoms with Gasteiger partial charge in [-0.05, 0) is 24.3 Å². The molecule has 0 unspecified atom stereocenters. The normalized spacial score (nSPS) is 9.50. The van der Waals surface area contributed by atoms with Crippen molar-refractivity contribution in [3.05, 3.63) is 65.5 Å². The third-order valence-electron chi connectivity index (χ3n) is 2.28. The first kappa shape index (κ1) is 11.7. The number of para-hydroxylation sites is 1. The molecule has 0 amide bonds. The van der Waals surface area contributed by atoms with Crippen LogP contribution in [0.5, 0.6) is 11.5 Å². The van der Waals surface area contributed by atoms with E-state index in [1.807, 2.05) is 0 Å². The van der Waals surface area contributed by atoms with E-state index in [2.05, 4.69) is 4.85 Å². The van der Waals surface area contributed by atoms with Gasteiger partial charge in [-0.1, -0.05) is 24.3 Å². The Morgan fingerprint density at radius 2 is 1.89 bits per heavy atom. The number of phenols is 1. The van der Waals surface area contributed by atoms with Crippen LogP contribution in [0, 0.1) is 6.57 Å². The van der Waals surface area contributed by atoms with E-state index >= 15 is 0 Å². The smallest absolute Gasteiger partial charge is 0.346 e. The van der Waals surface area contributed by atoms with Crippen molar-refractivity contribution in [3.8, 4) is 11.5 Å². The van der Waals surface area contributed by atoms with Crippen molar-refractivity contribution in [3.63, 3.8) is 0 Å². The van der Waals surface area contributed by atoms with Gasteiger partial charge in [0, 0.05) is 0 Å². The van der Waals surface area contributed by atoms with Crippen LogP contribution in [0.15, 0.2) is 48.5 Å². The quantitative estimate of drug-likeness (QED) is 0.497. The Balaban J connectivity index is 2.27. The van der Waals surface area contributed by atoms with Gasteiger partial charge in [-0.15, -0.1) is 0 Å². The zero-order valence-electron chi connectivity index (χ0n) is 9.33. The Kier molecular flexibility index (Phi) is 3.26. The lowest BCUT2D eigenvalue weighted by atomic mass is 10.2. The maximum absolute atomic E-state index is 11.8. The molecular formula is C14H9NO3. The van der Waals surface area contributed by atoms with E-state index in [0.29, 0.717) is 5.75 Å². The second-order valence-corrected chi connectivity index (χ2v) is 3.52. The summed E-state index contributed by atoms with van der Waals surface area (Å²) >= 11 is 0. The lowest BCUT2D eigenvalue weighted by molar-refractivity contribution is 0.0732. The van der Waals surface area contributed by atoms with Gasteiger partial charge < -0.3 is 9.84 Å². The Hall–Kier alpha value is -2.80. The van der Waals surface area contributed by atoms with E-state index < -0.39 is 5.97 Å². The number of esters is 1. The lowest BCUT2D eigenvalue weighted by Crippen LogP contribution is -2.08. The molecule has 0 spiro atoms. The van der Waals surface area contributed by atoms with E-state index in [4.69, 9.17) is 11.3 Å². The van der Waals surface area contributed by atoms with Crippen molar-refractivity contribution in [2.45, 2.75) is 0 Å². The van der Waals surface area contributed by atoms with Crippen LogP contribution in [-0.2, 0) is 0 Å². The van der Waals surface area contributed by atoms with Crippen LogP contribution in [0.3, 0.4) is 0 Å². The minimum Gasteiger partial charge on any atom is -0.507 e. The van der Waals surface area contributed by atoms with Crippen LogP contribution in [0.4, 0.5) is 5.69 Å². The predicted molar refractivity (Wildman–Crippen MR) is 65.8 cm³/mol. The van der Waals surface area contributed by atoms with Crippen LogP contribution in [-0.4, -0.2) is 11.1 Å². The molecule has 2 aromatic rings. The molecule has 0 radical (unpaired) electrons. The van der Waals surface area contributed by atoms with Crippen LogP contribution in [0.25, 0.3) is 4.85 Å². The fraction of sp³-hybridized carbons (Fsp3) is 0. The number of carbonyl (C=O) groups excluding carboxylic acids is 1. The number of benzene rings is 2. The molecule has 0 aliphatic rings. The van der Waals surface area contributed by atoms with Crippen LogP contribution >= 0.6 is 0 Å². The van der Waals surface area contributed by atoms with Crippen molar-refractivity contribution in [2.24, 2.45) is 0 Å². The monoisotopic (exact) mass is 239 g/mol. The largest absolute Gasteiger partial charge is 0.507 e. The molecule has 0 atom stereocenters. The molecule has 0 fully saturated rings. The Labute approximate surface area is 104 Å². The average Bonchev–Trinajstić information content (AvgIpc) is 2.40. The number of ether oxygens (including phenoxy) is 1. The first-order chi connectivity index (χ1) is 8.70. The molecule has 0 saturated carbocycles. The van der Waals surface area contributed by atoms with Gasteiger partial charge in [0.15, 0.2) is 5.69 Å². The highest BCUT2D eigenvalue weighted by Gasteiger charge is 2.14. The number of phenolic OH excluding ortho intramolecular Hbond substituents is 1. The fourth-order valence-electron chi connectivity index (χ4n) is 1.41. The average molecular weight is 239 g/mol. The number of rotatable bonds is 2. The van der Waals surface area contributed by atoms with E-state index in [1.165, 1.54) is 18.2 Å². The standard InChI is InChI=1S/C14H9NO3/c1-15-10-7-8-13(16)12(9-10)14(17)18-11-5-3-2-4-6-11/h2-9,16H. The highest BCUT2D eigenvalue weighted by Crippen LogP contribution is 2.24. The van der Waals surface area contributed by atoms with E-state index in [1.54, 1.807) is 30.3 Å². The van der Waals surface area contributed by atoms with Gasteiger partial charge >= 0.3 is 5.97 Å². The topological polar surface area (TPSA) is 50.9 Å². The number of aromatic hydroxyl groups is 1. The van der Waals surface area contributed by atoms with Crippen molar-refractivity contribution < 1.29 is 14.6 Å². The molecule has 0 aliphatic heterocycles. The lowest BCUT2D eigenvalue weighted by Gasteiger charge is -2.06. The van der Waals surface area contributed by atoms with Crippen molar-refractivity contribution in [2.75, 3.05) is 0 Å². The third-order valence-corrected chi connectivity index (χ3v) is 2.28. The van der Waals surface area contributed by atoms with Gasteiger partial charge in [-0.3, -0.25) is 0 Å². The summed E-state index contributed by atoms with van der Waals surface area (Å²) in [5, 5.41) is 9.58. The molecule has 88 valence electrons. The number of carbonyl (C=O) groups is 1. The van der Waals surface area contributed by atoms with Gasteiger partial charge in [0.25, 0.3) is 0 Å². The molecule has 1 N–H and O–H groups in total. The van der Waals surface area contributed by atoms with Gasteiger partial charge in [-0.2, -0.15) is 0 Å². The Morgan fingerprint density at radius 1 is 1.17 bits per heavy atom. The van der Waals surface area contributed by atoms with Gasteiger partial charge in [0.1, 0.15) is 11.5 Å². The summed E-state index contributed by atoms with van der Waals surface area (Å²) in [6, 6.07) is 12.6. The van der Waals surface area contributed by atoms with Crippen LogP contribution in [0.2, 0.25) is 0 Å². The molecule has 2 rings (SSSR count). The molecular weight excluding hydrogens is 230 g/mol. The summed E-state index contributed by atoms with van der Waals surface area (Å²) < 4.78 is 5.08. The summed E-state index contributed by atoms with van der Waals surface area (Å²) in [5.74, 6) is -0.511. The molecule has 0 aliphatic carbocycles. The predicted octanol–water partition coefficient (Wildman–Crippen LogP) is 3.16. The molecule has 4 heteroatoms. The van der Waals surface area contributed by atoms with E-state index in [-0.39, 0.29) is 17.0 Å². The highest BCUT2D eigenvalue weighted by molar-refractivity contribution is 5.95. The maximum atomic E-state index is 11.8. The Bertz CT molecular complexity index is 615. The number of nitrogens with zero attached hydrogens (tertiary/aromatic N) is 1.